The highest BCUT2D eigenvalue weighted by molar-refractivity contribution is 5.46. The first kappa shape index (κ1) is 12.4. The zero-order valence-corrected chi connectivity index (χ0v) is 11.5. The van der Waals surface area contributed by atoms with Gasteiger partial charge in [0.1, 0.15) is 0 Å². The number of hydrogen-bond donors (Lipinski definition) is 1. The molecule has 0 amide bonds. The molecule has 1 aliphatic rings. The van der Waals surface area contributed by atoms with Crippen molar-refractivity contribution in [2.75, 3.05) is 6.54 Å². The van der Waals surface area contributed by atoms with E-state index in [0.717, 1.165) is 18.8 Å². The average molecular weight is 255 g/mol. The van der Waals surface area contributed by atoms with Gasteiger partial charge in [0.2, 0.25) is 0 Å². The maximum absolute atomic E-state index is 4.68. The van der Waals surface area contributed by atoms with Crippen LogP contribution < -0.4 is 5.32 Å². The third-order valence-electron chi connectivity index (χ3n) is 3.82. The third kappa shape index (κ3) is 2.56. The largest absolute Gasteiger partial charge is 0.311 e. The molecule has 1 heterocycles. The Morgan fingerprint density at radius 1 is 1.21 bits per heavy atom. The van der Waals surface area contributed by atoms with E-state index >= 15 is 0 Å². The first-order valence-electron chi connectivity index (χ1n) is 7.25. The Balaban J connectivity index is 1.91. The van der Waals surface area contributed by atoms with Crippen LogP contribution in [-0.2, 0) is 19.4 Å². The molecule has 1 aliphatic carbocycles. The van der Waals surface area contributed by atoms with Crippen LogP contribution in [0.3, 0.4) is 0 Å². The van der Waals surface area contributed by atoms with Crippen LogP contribution in [0.5, 0.6) is 0 Å². The van der Waals surface area contributed by atoms with Crippen LogP contribution in [0.2, 0.25) is 0 Å². The zero-order valence-electron chi connectivity index (χ0n) is 11.5. The third-order valence-corrected chi connectivity index (χ3v) is 3.82. The summed E-state index contributed by atoms with van der Waals surface area (Å²) >= 11 is 0. The van der Waals surface area contributed by atoms with Gasteiger partial charge in [0, 0.05) is 12.7 Å². The maximum atomic E-state index is 4.68. The Morgan fingerprint density at radius 3 is 3.00 bits per heavy atom. The molecule has 0 bridgehead atoms. The van der Waals surface area contributed by atoms with Gasteiger partial charge in [-0.05, 0) is 55.5 Å². The number of rotatable bonds is 4. The second kappa shape index (κ2) is 5.57. The Kier molecular flexibility index (Phi) is 3.65. The van der Waals surface area contributed by atoms with Gasteiger partial charge in [0.05, 0.1) is 11.4 Å². The van der Waals surface area contributed by atoms with Crippen molar-refractivity contribution >= 4 is 0 Å². The molecule has 0 saturated carbocycles. The van der Waals surface area contributed by atoms with Crippen LogP contribution >= 0.6 is 0 Å². The standard InChI is InChI=1S/C16H21N3/c1-2-17-12-14-10-11-19(18-14)16-9-5-7-13-6-3-4-8-15(13)16/h5,7,9-11,17H,2-4,6,8,12H2,1H3. The van der Waals surface area contributed by atoms with Gasteiger partial charge in [-0.2, -0.15) is 5.10 Å². The van der Waals surface area contributed by atoms with Gasteiger partial charge in [0.15, 0.2) is 0 Å². The molecule has 3 rings (SSSR count). The number of nitrogens with zero attached hydrogens (tertiary/aromatic N) is 2. The number of aryl methyl sites for hydroxylation is 1. The highest BCUT2D eigenvalue weighted by atomic mass is 15.3. The van der Waals surface area contributed by atoms with Crippen LogP contribution in [0.4, 0.5) is 0 Å². The van der Waals surface area contributed by atoms with Crippen molar-refractivity contribution in [1.29, 1.82) is 0 Å². The second-order valence-corrected chi connectivity index (χ2v) is 5.15. The minimum absolute atomic E-state index is 0.846. The van der Waals surface area contributed by atoms with E-state index in [1.54, 1.807) is 0 Å². The molecule has 3 nitrogen and oxygen atoms in total. The molecule has 100 valence electrons. The lowest BCUT2D eigenvalue weighted by atomic mass is 9.90. The fraction of sp³-hybridized carbons (Fsp3) is 0.438. The number of fused-ring (bicyclic) bond motifs is 1. The van der Waals surface area contributed by atoms with E-state index in [0.29, 0.717) is 0 Å². The molecule has 1 aromatic heterocycles. The predicted octanol–water partition coefficient (Wildman–Crippen LogP) is 2.86. The normalized spacial score (nSPS) is 14.4. The summed E-state index contributed by atoms with van der Waals surface area (Å²) in [4.78, 5) is 0. The van der Waals surface area contributed by atoms with E-state index in [4.69, 9.17) is 0 Å². The summed E-state index contributed by atoms with van der Waals surface area (Å²) in [7, 11) is 0. The topological polar surface area (TPSA) is 29.9 Å². The lowest BCUT2D eigenvalue weighted by molar-refractivity contribution is 0.670. The van der Waals surface area contributed by atoms with E-state index in [2.05, 4.69) is 47.8 Å². The van der Waals surface area contributed by atoms with Crippen LogP contribution in [0.1, 0.15) is 36.6 Å². The van der Waals surface area contributed by atoms with Crippen molar-refractivity contribution in [3.63, 3.8) is 0 Å². The molecule has 1 N–H and O–H groups in total. The monoisotopic (exact) mass is 255 g/mol. The molecule has 0 saturated heterocycles. The molecular formula is C16H21N3. The van der Waals surface area contributed by atoms with E-state index in [1.165, 1.54) is 42.5 Å². The van der Waals surface area contributed by atoms with Gasteiger partial charge in [-0.1, -0.05) is 19.1 Å². The summed E-state index contributed by atoms with van der Waals surface area (Å²) in [5.74, 6) is 0. The van der Waals surface area contributed by atoms with E-state index < -0.39 is 0 Å². The summed E-state index contributed by atoms with van der Waals surface area (Å²) in [6, 6.07) is 8.71. The molecule has 3 heteroatoms. The number of benzene rings is 1. The fourth-order valence-corrected chi connectivity index (χ4v) is 2.82. The lowest BCUT2D eigenvalue weighted by Crippen LogP contribution is -2.13. The molecule has 1 aromatic carbocycles. The second-order valence-electron chi connectivity index (χ2n) is 5.15. The van der Waals surface area contributed by atoms with Crippen LogP contribution in [0.15, 0.2) is 30.5 Å². The summed E-state index contributed by atoms with van der Waals surface area (Å²) in [5.41, 5.74) is 5.37. The van der Waals surface area contributed by atoms with Crippen molar-refractivity contribution in [2.45, 2.75) is 39.2 Å². The SMILES string of the molecule is CCNCc1ccn(-c2cccc3c2CCCC3)n1. The predicted molar refractivity (Wildman–Crippen MR) is 77.6 cm³/mol. The molecule has 0 fully saturated rings. The molecule has 19 heavy (non-hydrogen) atoms. The minimum Gasteiger partial charge on any atom is -0.311 e. The van der Waals surface area contributed by atoms with Crippen molar-refractivity contribution < 1.29 is 0 Å². The Labute approximate surface area is 114 Å². The quantitative estimate of drug-likeness (QED) is 0.910. The average Bonchev–Trinajstić information content (AvgIpc) is 2.93. The van der Waals surface area contributed by atoms with Crippen molar-refractivity contribution in [2.24, 2.45) is 0 Å². The first-order chi connectivity index (χ1) is 9.38. The molecule has 2 aromatic rings. The van der Waals surface area contributed by atoms with Gasteiger partial charge >= 0.3 is 0 Å². The molecule has 0 aliphatic heterocycles. The molecular weight excluding hydrogens is 234 g/mol. The minimum atomic E-state index is 0.846. The number of nitrogens with one attached hydrogen (secondary N) is 1. The van der Waals surface area contributed by atoms with Crippen LogP contribution in [-0.4, -0.2) is 16.3 Å². The maximum Gasteiger partial charge on any atom is 0.0766 e. The Morgan fingerprint density at radius 2 is 2.11 bits per heavy atom. The molecule has 0 spiro atoms. The van der Waals surface area contributed by atoms with Crippen LogP contribution in [0.25, 0.3) is 5.69 Å². The molecule has 0 unspecified atom stereocenters. The Bertz CT molecular complexity index is 557. The van der Waals surface area contributed by atoms with Gasteiger partial charge < -0.3 is 5.32 Å². The first-order valence-corrected chi connectivity index (χ1v) is 7.25. The van der Waals surface area contributed by atoms with E-state index in [-0.39, 0.29) is 0 Å². The summed E-state index contributed by atoms with van der Waals surface area (Å²) in [5, 5.41) is 8.00. The van der Waals surface area contributed by atoms with Gasteiger partial charge in [-0.15, -0.1) is 0 Å². The smallest absolute Gasteiger partial charge is 0.0766 e. The van der Waals surface area contributed by atoms with E-state index in [9.17, 15) is 0 Å². The molecule has 0 atom stereocenters. The fourth-order valence-electron chi connectivity index (χ4n) is 2.82. The van der Waals surface area contributed by atoms with Gasteiger partial charge in [-0.3, -0.25) is 0 Å². The lowest BCUT2D eigenvalue weighted by Gasteiger charge is -2.19. The summed E-state index contributed by atoms with van der Waals surface area (Å²) in [6.07, 6.45) is 7.11. The Hall–Kier alpha value is -1.61. The summed E-state index contributed by atoms with van der Waals surface area (Å²) in [6.45, 7) is 3.94. The number of aromatic nitrogens is 2. The van der Waals surface area contributed by atoms with E-state index in [1.807, 2.05) is 4.68 Å². The van der Waals surface area contributed by atoms with Crippen molar-refractivity contribution in [3.8, 4) is 5.69 Å². The van der Waals surface area contributed by atoms with Crippen LogP contribution in [0, 0.1) is 0 Å². The highest BCUT2D eigenvalue weighted by Gasteiger charge is 2.14. The molecule has 0 radical (unpaired) electrons. The zero-order chi connectivity index (χ0) is 13.1. The van der Waals surface area contributed by atoms with Crippen molar-refractivity contribution in [1.82, 2.24) is 15.1 Å². The number of hydrogen-bond acceptors (Lipinski definition) is 2. The highest BCUT2D eigenvalue weighted by Crippen LogP contribution is 2.26. The van der Waals surface area contributed by atoms with Gasteiger partial charge in [-0.25, -0.2) is 4.68 Å². The van der Waals surface area contributed by atoms with Crippen molar-refractivity contribution in [3.05, 3.63) is 47.3 Å². The van der Waals surface area contributed by atoms with Gasteiger partial charge in [0.25, 0.3) is 0 Å². The summed E-state index contributed by atoms with van der Waals surface area (Å²) < 4.78 is 2.04.